The molecule has 0 aliphatic carbocycles. The standard InChI is InChI=1S/C20H20N4O3S2/c1-26-18(25)13-2-7-16-17(12-13)29-20(22-16)23-19(28)21-14-3-5-15(6-4-14)24-8-10-27-11-9-24/h2-7,12H,8-11H2,1H3,(H2,21,22,23,28). The summed E-state index contributed by atoms with van der Waals surface area (Å²) in [6.45, 7) is 3.33. The third kappa shape index (κ3) is 4.64. The van der Waals surface area contributed by atoms with E-state index in [4.69, 9.17) is 21.7 Å². The number of thiocarbonyl (C=S) groups is 1. The first-order valence-electron chi connectivity index (χ1n) is 9.12. The fourth-order valence-corrected chi connectivity index (χ4v) is 4.25. The van der Waals surface area contributed by atoms with Gasteiger partial charge in [-0.25, -0.2) is 9.78 Å². The summed E-state index contributed by atoms with van der Waals surface area (Å²) in [5.74, 6) is -0.368. The van der Waals surface area contributed by atoms with E-state index in [1.807, 2.05) is 12.1 Å². The number of aromatic nitrogens is 1. The van der Waals surface area contributed by atoms with Gasteiger partial charge < -0.3 is 25.0 Å². The summed E-state index contributed by atoms with van der Waals surface area (Å²) in [7, 11) is 1.36. The molecule has 1 aliphatic rings. The highest BCUT2D eigenvalue weighted by Crippen LogP contribution is 2.27. The van der Waals surface area contributed by atoms with Gasteiger partial charge in [-0.2, -0.15) is 0 Å². The fraction of sp³-hybridized carbons (Fsp3) is 0.250. The monoisotopic (exact) mass is 428 g/mol. The van der Waals surface area contributed by atoms with Crippen molar-refractivity contribution in [3.63, 3.8) is 0 Å². The summed E-state index contributed by atoms with van der Waals surface area (Å²) in [5.41, 5.74) is 3.36. The maximum atomic E-state index is 11.7. The van der Waals surface area contributed by atoms with E-state index in [0.29, 0.717) is 15.8 Å². The Balaban J connectivity index is 1.39. The molecule has 1 aromatic heterocycles. The summed E-state index contributed by atoms with van der Waals surface area (Å²) in [5, 5.41) is 7.39. The Morgan fingerprint density at radius 2 is 1.93 bits per heavy atom. The Kier molecular flexibility index (Phi) is 5.89. The van der Waals surface area contributed by atoms with Crippen LogP contribution < -0.4 is 15.5 Å². The van der Waals surface area contributed by atoms with Crippen LogP contribution >= 0.6 is 23.6 Å². The number of hydrogen-bond donors (Lipinski definition) is 2. The fourth-order valence-electron chi connectivity index (χ4n) is 3.06. The molecule has 4 rings (SSSR count). The Hall–Kier alpha value is -2.75. The molecule has 2 aromatic carbocycles. The summed E-state index contributed by atoms with van der Waals surface area (Å²) in [4.78, 5) is 18.5. The number of carbonyl (C=O) groups is 1. The zero-order valence-electron chi connectivity index (χ0n) is 15.8. The molecule has 1 fully saturated rings. The second-order valence-corrected chi connectivity index (χ2v) is 7.86. The van der Waals surface area contributed by atoms with Crippen LogP contribution in [0.1, 0.15) is 10.4 Å². The molecule has 1 aliphatic heterocycles. The van der Waals surface area contributed by atoms with Crippen molar-refractivity contribution in [2.24, 2.45) is 0 Å². The summed E-state index contributed by atoms with van der Waals surface area (Å²) in [6, 6.07) is 13.4. The number of rotatable bonds is 4. The Morgan fingerprint density at radius 1 is 1.17 bits per heavy atom. The van der Waals surface area contributed by atoms with Gasteiger partial charge in [0, 0.05) is 24.5 Å². The van der Waals surface area contributed by atoms with E-state index in [2.05, 4.69) is 32.7 Å². The zero-order valence-corrected chi connectivity index (χ0v) is 17.4. The number of benzene rings is 2. The number of nitrogens with one attached hydrogen (secondary N) is 2. The zero-order chi connectivity index (χ0) is 20.2. The molecule has 29 heavy (non-hydrogen) atoms. The average molecular weight is 429 g/mol. The minimum atomic E-state index is -0.368. The van der Waals surface area contributed by atoms with Gasteiger partial charge in [-0.3, -0.25) is 0 Å². The molecule has 2 heterocycles. The number of hydrogen-bond acceptors (Lipinski definition) is 7. The van der Waals surface area contributed by atoms with Gasteiger partial charge in [0.05, 0.1) is 36.1 Å². The van der Waals surface area contributed by atoms with Crippen LogP contribution in [0.2, 0.25) is 0 Å². The van der Waals surface area contributed by atoms with Gasteiger partial charge in [-0.1, -0.05) is 11.3 Å². The number of anilines is 3. The highest BCUT2D eigenvalue weighted by Gasteiger charge is 2.12. The predicted octanol–water partition coefficient (Wildman–Crippen LogP) is 3.73. The lowest BCUT2D eigenvalue weighted by Gasteiger charge is -2.28. The van der Waals surface area contributed by atoms with Crippen molar-refractivity contribution in [1.82, 2.24) is 4.98 Å². The molecule has 7 nitrogen and oxygen atoms in total. The SMILES string of the molecule is COC(=O)c1ccc2nc(NC(=S)Nc3ccc(N4CCOCC4)cc3)sc2c1. The van der Waals surface area contributed by atoms with E-state index in [1.54, 1.807) is 18.2 Å². The first-order valence-corrected chi connectivity index (χ1v) is 10.3. The van der Waals surface area contributed by atoms with Gasteiger partial charge >= 0.3 is 5.97 Å². The second-order valence-electron chi connectivity index (χ2n) is 6.42. The molecule has 3 aromatic rings. The van der Waals surface area contributed by atoms with E-state index in [9.17, 15) is 4.79 Å². The highest BCUT2D eigenvalue weighted by molar-refractivity contribution is 7.80. The first kappa shape index (κ1) is 19.6. The summed E-state index contributed by atoms with van der Waals surface area (Å²) in [6.07, 6.45) is 0. The van der Waals surface area contributed by atoms with Gasteiger partial charge in [-0.05, 0) is 54.7 Å². The van der Waals surface area contributed by atoms with Crippen molar-refractivity contribution in [3.8, 4) is 0 Å². The highest BCUT2D eigenvalue weighted by atomic mass is 32.1. The van der Waals surface area contributed by atoms with Gasteiger partial charge in [0.1, 0.15) is 0 Å². The van der Waals surface area contributed by atoms with Crippen molar-refractivity contribution < 1.29 is 14.3 Å². The molecule has 0 amide bonds. The van der Waals surface area contributed by atoms with Crippen LogP contribution in [0.25, 0.3) is 10.2 Å². The minimum absolute atomic E-state index is 0.368. The molecule has 2 N–H and O–H groups in total. The van der Waals surface area contributed by atoms with Crippen LogP contribution in [-0.4, -0.2) is 49.5 Å². The predicted molar refractivity (Wildman–Crippen MR) is 120 cm³/mol. The number of nitrogens with zero attached hydrogens (tertiary/aromatic N) is 2. The average Bonchev–Trinajstić information content (AvgIpc) is 3.15. The maximum Gasteiger partial charge on any atom is 0.337 e. The van der Waals surface area contributed by atoms with E-state index in [1.165, 1.54) is 24.1 Å². The number of morpholine rings is 1. The molecule has 0 radical (unpaired) electrons. The molecule has 1 saturated heterocycles. The van der Waals surface area contributed by atoms with Gasteiger partial charge in [0.15, 0.2) is 10.2 Å². The summed E-state index contributed by atoms with van der Waals surface area (Å²) >= 11 is 6.83. The lowest BCUT2D eigenvalue weighted by molar-refractivity contribution is 0.0601. The molecule has 9 heteroatoms. The third-order valence-corrected chi connectivity index (χ3v) is 5.67. The van der Waals surface area contributed by atoms with Gasteiger partial charge in [0.2, 0.25) is 0 Å². The van der Waals surface area contributed by atoms with Crippen molar-refractivity contribution in [3.05, 3.63) is 48.0 Å². The van der Waals surface area contributed by atoms with Crippen molar-refractivity contribution in [2.75, 3.05) is 48.9 Å². The van der Waals surface area contributed by atoms with Crippen LogP contribution in [0.3, 0.4) is 0 Å². The van der Waals surface area contributed by atoms with Crippen molar-refractivity contribution >= 4 is 61.4 Å². The molecule has 0 unspecified atom stereocenters. The van der Waals surface area contributed by atoms with Crippen LogP contribution in [0.15, 0.2) is 42.5 Å². The van der Waals surface area contributed by atoms with Crippen molar-refractivity contribution in [2.45, 2.75) is 0 Å². The number of methoxy groups -OCH3 is 1. The smallest absolute Gasteiger partial charge is 0.337 e. The topological polar surface area (TPSA) is 75.7 Å². The third-order valence-electron chi connectivity index (χ3n) is 4.53. The lowest BCUT2D eigenvalue weighted by Crippen LogP contribution is -2.36. The van der Waals surface area contributed by atoms with Gasteiger partial charge in [0.25, 0.3) is 0 Å². The van der Waals surface area contributed by atoms with Crippen LogP contribution in [0, 0.1) is 0 Å². The van der Waals surface area contributed by atoms with Crippen LogP contribution in [-0.2, 0) is 9.47 Å². The van der Waals surface area contributed by atoms with Gasteiger partial charge in [-0.15, -0.1) is 0 Å². The molecule has 0 saturated carbocycles. The Labute approximate surface area is 177 Å². The molecule has 0 spiro atoms. The molecular formula is C20H20N4O3S2. The largest absolute Gasteiger partial charge is 0.465 e. The van der Waals surface area contributed by atoms with E-state index >= 15 is 0 Å². The number of carbonyl (C=O) groups excluding carboxylic acids is 1. The first-order chi connectivity index (χ1) is 14.1. The lowest BCUT2D eigenvalue weighted by atomic mass is 10.2. The molecule has 0 bridgehead atoms. The quantitative estimate of drug-likeness (QED) is 0.481. The van der Waals surface area contributed by atoms with Crippen molar-refractivity contribution in [1.29, 1.82) is 0 Å². The number of thiazole rings is 1. The normalized spacial score (nSPS) is 13.9. The van der Waals surface area contributed by atoms with E-state index < -0.39 is 0 Å². The Bertz CT molecular complexity index is 1030. The van der Waals surface area contributed by atoms with E-state index in [-0.39, 0.29) is 5.97 Å². The second kappa shape index (κ2) is 8.73. The minimum Gasteiger partial charge on any atom is -0.465 e. The van der Waals surface area contributed by atoms with E-state index in [0.717, 1.165) is 42.2 Å². The number of fused-ring (bicyclic) bond motifs is 1. The number of ether oxygens (including phenoxy) is 2. The Morgan fingerprint density at radius 3 is 2.66 bits per heavy atom. The molecular weight excluding hydrogens is 408 g/mol. The molecule has 0 atom stereocenters. The van der Waals surface area contributed by atoms with Crippen LogP contribution in [0.4, 0.5) is 16.5 Å². The van der Waals surface area contributed by atoms with Crippen LogP contribution in [0.5, 0.6) is 0 Å². The molecule has 150 valence electrons. The summed E-state index contributed by atoms with van der Waals surface area (Å²) < 4.78 is 11.0. The maximum absolute atomic E-state index is 11.7. The number of esters is 1.